The number of hydrogen-bond donors (Lipinski definition) is 1. The van der Waals surface area contributed by atoms with Gasteiger partial charge in [-0.15, -0.1) is 6.58 Å². The zero-order valence-corrected chi connectivity index (χ0v) is 17.3. The number of halogens is 1. The van der Waals surface area contributed by atoms with Gasteiger partial charge in [-0.05, 0) is 61.4 Å². The topological polar surface area (TPSA) is 46.0 Å². The van der Waals surface area contributed by atoms with Crippen LogP contribution in [-0.4, -0.2) is 21.2 Å². The summed E-state index contributed by atoms with van der Waals surface area (Å²) in [5, 5.41) is 9.26. The Morgan fingerprint density at radius 3 is 2.37 bits per heavy atom. The maximum absolute atomic E-state index is 14.4. The maximum atomic E-state index is 14.4. The third kappa shape index (κ3) is 5.94. The molecule has 1 unspecified atom stereocenters. The zero-order chi connectivity index (χ0) is 21.3. The van der Waals surface area contributed by atoms with Gasteiger partial charge < -0.3 is 5.11 Å². The molecule has 0 fully saturated rings. The number of benzene rings is 2. The minimum Gasteiger partial charge on any atom is -0.393 e. The summed E-state index contributed by atoms with van der Waals surface area (Å²) in [4.78, 5) is 8.79. The summed E-state index contributed by atoms with van der Waals surface area (Å²) in [5.74, 6) is 0.434. The van der Waals surface area contributed by atoms with Crippen LogP contribution in [0.1, 0.15) is 37.6 Å². The lowest BCUT2D eigenvalue weighted by molar-refractivity contribution is 0.182. The lowest BCUT2D eigenvalue weighted by Gasteiger charge is -2.07. The van der Waals surface area contributed by atoms with Gasteiger partial charge in [-0.1, -0.05) is 48.6 Å². The second-order valence-corrected chi connectivity index (χ2v) is 7.40. The summed E-state index contributed by atoms with van der Waals surface area (Å²) in [6, 6.07) is 13.0. The molecule has 3 aromatic rings. The Bertz CT molecular complexity index is 993. The summed E-state index contributed by atoms with van der Waals surface area (Å²) in [5.41, 5.74) is 4.22. The second kappa shape index (κ2) is 10.6. The normalized spacial score (nSPS) is 12.2. The fraction of sp³-hybridized carbons (Fsp3) is 0.231. The zero-order valence-electron chi connectivity index (χ0n) is 17.3. The molecular formula is C26H27FN2O. The van der Waals surface area contributed by atoms with Crippen LogP contribution in [0.2, 0.25) is 0 Å². The van der Waals surface area contributed by atoms with E-state index < -0.39 is 0 Å². The van der Waals surface area contributed by atoms with Crippen LogP contribution >= 0.6 is 0 Å². The maximum Gasteiger partial charge on any atom is 0.151 e. The van der Waals surface area contributed by atoms with Crippen LogP contribution in [0.5, 0.6) is 0 Å². The van der Waals surface area contributed by atoms with Gasteiger partial charge in [-0.25, -0.2) is 14.4 Å². The number of unbranched alkanes of at least 4 members (excludes halogenated alkanes) is 1. The predicted molar refractivity (Wildman–Crippen MR) is 121 cm³/mol. The monoisotopic (exact) mass is 402 g/mol. The van der Waals surface area contributed by atoms with Crippen LogP contribution < -0.4 is 0 Å². The number of aliphatic hydroxyl groups excluding tert-OH is 1. The number of aliphatic hydroxyl groups is 1. The predicted octanol–water partition coefficient (Wildman–Crippen LogP) is 6.24. The number of nitrogens with zero attached hydrogens (tertiary/aromatic N) is 2. The second-order valence-electron chi connectivity index (χ2n) is 7.40. The molecule has 1 N–H and O–H groups in total. The summed E-state index contributed by atoms with van der Waals surface area (Å²) in [7, 11) is 0. The summed E-state index contributed by atoms with van der Waals surface area (Å²) < 4.78 is 14.4. The van der Waals surface area contributed by atoms with Gasteiger partial charge in [0.1, 0.15) is 5.82 Å². The largest absolute Gasteiger partial charge is 0.393 e. The van der Waals surface area contributed by atoms with Gasteiger partial charge >= 0.3 is 0 Å². The van der Waals surface area contributed by atoms with Crippen LogP contribution in [0, 0.1) is 5.82 Å². The first-order chi connectivity index (χ1) is 14.6. The SMILES string of the molecule is C=CCc1ccc(-c2ccc(-c3cnc(/C=C/CCCC(C)O)nc3)cc2)c(F)c1. The van der Waals surface area contributed by atoms with Crippen LogP contribution in [0.3, 0.4) is 0 Å². The molecule has 2 aromatic carbocycles. The lowest BCUT2D eigenvalue weighted by Crippen LogP contribution is -1.97. The molecule has 0 bridgehead atoms. The van der Waals surface area contributed by atoms with Gasteiger partial charge in [-0.3, -0.25) is 0 Å². The molecule has 3 nitrogen and oxygen atoms in total. The molecule has 0 spiro atoms. The van der Waals surface area contributed by atoms with Crippen molar-refractivity contribution in [3.8, 4) is 22.3 Å². The van der Waals surface area contributed by atoms with E-state index in [-0.39, 0.29) is 11.9 Å². The molecule has 0 radical (unpaired) electrons. The molecule has 1 atom stereocenters. The molecule has 1 heterocycles. The quantitative estimate of drug-likeness (QED) is 0.340. The average molecular weight is 403 g/mol. The lowest BCUT2D eigenvalue weighted by atomic mass is 9.99. The number of aromatic nitrogens is 2. The van der Waals surface area contributed by atoms with Crippen molar-refractivity contribution < 1.29 is 9.50 Å². The van der Waals surface area contributed by atoms with E-state index in [1.54, 1.807) is 31.5 Å². The van der Waals surface area contributed by atoms with Crippen LogP contribution in [0.25, 0.3) is 28.3 Å². The van der Waals surface area contributed by atoms with Gasteiger partial charge in [0, 0.05) is 23.5 Å². The Balaban J connectivity index is 1.66. The summed E-state index contributed by atoms with van der Waals surface area (Å²) in [6.45, 7) is 5.49. The molecule has 4 heteroatoms. The molecule has 3 rings (SSSR count). The fourth-order valence-electron chi connectivity index (χ4n) is 3.22. The Morgan fingerprint density at radius 2 is 1.73 bits per heavy atom. The molecule has 0 aliphatic rings. The van der Waals surface area contributed by atoms with Crippen LogP contribution in [0.4, 0.5) is 4.39 Å². The Hall–Kier alpha value is -3.11. The standard InChI is InChI=1S/C26H27FN2O/c1-3-7-20-10-15-24(25(27)16-20)22-13-11-21(12-14-22)23-17-28-26(29-18-23)9-6-4-5-8-19(2)30/h3,6,9-19,30H,1,4-5,7-8H2,2H3/b9-6+. The molecule has 0 saturated heterocycles. The Labute approximate surface area is 177 Å². The van der Waals surface area contributed by atoms with Crippen molar-refractivity contribution in [2.45, 2.75) is 38.7 Å². The van der Waals surface area contributed by atoms with E-state index in [1.807, 2.05) is 48.6 Å². The van der Waals surface area contributed by atoms with Crippen LogP contribution in [-0.2, 0) is 6.42 Å². The van der Waals surface area contributed by atoms with Crippen molar-refractivity contribution in [2.24, 2.45) is 0 Å². The molecular weight excluding hydrogens is 375 g/mol. The first-order valence-electron chi connectivity index (χ1n) is 10.2. The van der Waals surface area contributed by atoms with E-state index in [2.05, 4.69) is 16.5 Å². The highest BCUT2D eigenvalue weighted by Gasteiger charge is 2.07. The van der Waals surface area contributed by atoms with Crippen molar-refractivity contribution in [2.75, 3.05) is 0 Å². The minimum absolute atomic E-state index is 0.227. The highest BCUT2D eigenvalue weighted by atomic mass is 19.1. The van der Waals surface area contributed by atoms with Crippen LogP contribution in [0.15, 0.2) is 73.6 Å². The molecule has 30 heavy (non-hydrogen) atoms. The van der Waals surface area contributed by atoms with Crippen molar-refractivity contribution in [1.29, 1.82) is 0 Å². The molecule has 0 aliphatic heterocycles. The average Bonchev–Trinajstić information content (AvgIpc) is 2.74. The number of allylic oxidation sites excluding steroid dienone is 2. The van der Waals surface area contributed by atoms with Crippen molar-refractivity contribution in [1.82, 2.24) is 9.97 Å². The number of hydrogen-bond acceptors (Lipinski definition) is 3. The highest BCUT2D eigenvalue weighted by Crippen LogP contribution is 2.27. The highest BCUT2D eigenvalue weighted by molar-refractivity contribution is 5.70. The Kier molecular flexibility index (Phi) is 7.63. The van der Waals surface area contributed by atoms with E-state index in [9.17, 15) is 9.50 Å². The molecule has 0 amide bonds. The fourth-order valence-corrected chi connectivity index (χ4v) is 3.22. The Morgan fingerprint density at radius 1 is 1.03 bits per heavy atom. The van der Waals surface area contributed by atoms with Gasteiger partial charge in [0.15, 0.2) is 5.82 Å². The van der Waals surface area contributed by atoms with E-state index in [1.165, 1.54) is 0 Å². The van der Waals surface area contributed by atoms with E-state index in [4.69, 9.17) is 0 Å². The van der Waals surface area contributed by atoms with E-state index in [0.717, 1.165) is 41.5 Å². The van der Waals surface area contributed by atoms with Crippen molar-refractivity contribution in [3.63, 3.8) is 0 Å². The van der Waals surface area contributed by atoms with Crippen molar-refractivity contribution >= 4 is 6.08 Å². The molecule has 154 valence electrons. The first-order valence-corrected chi connectivity index (χ1v) is 10.2. The van der Waals surface area contributed by atoms with E-state index >= 15 is 0 Å². The van der Waals surface area contributed by atoms with Gasteiger partial charge in [-0.2, -0.15) is 0 Å². The smallest absolute Gasteiger partial charge is 0.151 e. The van der Waals surface area contributed by atoms with Gasteiger partial charge in [0.25, 0.3) is 0 Å². The third-order valence-electron chi connectivity index (χ3n) is 4.87. The van der Waals surface area contributed by atoms with Gasteiger partial charge in [0.05, 0.1) is 6.10 Å². The molecule has 0 saturated carbocycles. The first kappa shape index (κ1) is 21.6. The molecule has 0 aliphatic carbocycles. The number of rotatable bonds is 9. The molecule has 1 aromatic heterocycles. The van der Waals surface area contributed by atoms with E-state index in [0.29, 0.717) is 17.8 Å². The third-order valence-corrected chi connectivity index (χ3v) is 4.87. The van der Waals surface area contributed by atoms with Gasteiger partial charge in [0.2, 0.25) is 0 Å². The summed E-state index contributed by atoms with van der Waals surface area (Å²) in [6.07, 6.45) is 12.3. The van der Waals surface area contributed by atoms with Crippen molar-refractivity contribution in [3.05, 3.63) is 90.8 Å². The minimum atomic E-state index is -0.256. The summed E-state index contributed by atoms with van der Waals surface area (Å²) >= 11 is 0.